The molecule has 49 heavy (non-hydrogen) atoms. The molecule has 11 nitrogen and oxygen atoms in total. The first-order valence-corrected chi connectivity index (χ1v) is 19.0. The molecule has 2 N–H and O–H groups in total. The van der Waals surface area contributed by atoms with Crippen molar-refractivity contribution in [1.29, 1.82) is 0 Å². The molecule has 3 heterocycles. The van der Waals surface area contributed by atoms with Gasteiger partial charge in [0.1, 0.15) is 11.4 Å². The lowest BCUT2D eigenvalue weighted by atomic mass is 9.68. The number of benzene rings is 2. The van der Waals surface area contributed by atoms with E-state index >= 15 is 0 Å². The zero-order chi connectivity index (χ0) is 34.6. The van der Waals surface area contributed by atoms with Crippen LogP contribution in [0.1, 0.15) is 50.7 Å². The third kappa shape index (κ3) is 6.58. The minimum Gasteiger partial charge on any atom is -0.490 e. The van der Waals surface area contributed by atoms with Gasteiger partial charge in [0.25, 0.3) is 5.91 Å². The Kier molecular flexibility index (Phi) is 9.23. The minimum absolute atomic E-state index is 0.0990. The van der Waals surface area contributed by atoms with Crippen LogP contribution in [0.2, 0.25) is 5.02 Å². The quantitative estimate of drug-likeness (QED) is 0.422. The van der Waals surface area contributed by atoms with Crippen LogP contribution in [0.25, 0.3) is 0 Å². The van der Waals surface area contributed by atoms with Gasteiger partial charge in [-0.2, -0.15) is 0 Å². The van der Waals surface area contributed by atoms with Gasteiger partial charge < -0.3 is 29.1 Å². The van der Waals surface area contributed by atoms with Crippen LogP contribution in [0.4, 0.5) is 10.5 Å². The monoisotopic (exact) mass is 712 g/mol. The van der Waals surface area contributed by atoms with Crippen molar-refractivity contribution < 1.29 is 33.1 Å². The molecule has 0 radical (unpaired) electrons. The Morgan fingerprint density at radius 3 is 2.71 bits per heavy atom. The molecule has 2 fully saturated rings. The first-order chi connectivity index (χ1) is 23.4. The Hall–Kier alpha value is -3.16. The Morgan fingerprint density at radius 2 is 1.98 bits per heavy atom. The van der Waals surface area contributed by atoms with Gasteiger partial charge in [-0.3, -0.25) is 4.79 Å². The third-order valence-corrected chi connectivity index (χ3v) is 12.9. The van der Waals surface area contributed by atoms with Gasteiger partial charge in [0.05, 0.1) is 49.1 Å². The second-order valence-electron chi connectivity index (χ2n) is 14.6. The molecule has 1 spiro atoms. The average molecular weight is 713 g/mol. The number of hydrogen-bond acceptors (Lipinski definition) is 8. The summed E-state index contributed by atoms with van der Waals surface area (Å²) in [6.07, 6.45) is 8.03. The van der Waals surface area contributed by atoms with Crippen molar-refractivity contribution in [2.45, 2.75) is 74.1 Å². The highest BCUT2D eigenvalue weighted by Crippen LogP contribution is 2.47. The number of methoxy groups -OCH3 is 1. The van der Waals surface area contributed by atoms with Crippen LogP contribution in [-0.2, 0) is 36.0 Å². The maximum absolute atomic E-state index is 14.9. The highest BCUT2D eigenvalue weighted by atomic mass is 35.5. The molecule has 2 aliphatic carbocycles. The summed E-state index contributed by atoms with van der Waals surface area (Å²) < 4.78 is 40.2. The molecular formula is C36H45ClN4O7S. The fourth-order valence-electron chi connectivity index (χ4n) is 7.87. The summed E-state index contributed by atoms with van der Waals surface area (Å²) in [5, 5.41) is 10.5. The molecule has 1 unspecified atom stereocenters. The van der Waals surface area contributed by atoms with Gasteiger partial charge in [0.15, 0.2) is 9.92 Å². The molecule has 2 aromatic rings. The normalized spacial score (nSPS) is 31.9. The molecule has 264 valence electrons. The summed E-state index contributed by atoms with van der Waals surface area (Å²) >= 11 is 6.45. The third-order valence-electron chi connectivity index (χ3n) is 10.9. The predicted molar refractivity (Wildman–Crippen MR) is 186 cm³/mol. The lowest BCUT2D eigenvalue weighted by molar-refractivity contribution is -0.137. The number of carbonyl (C=O) groups is 2. The van der Waals surface area contributed by atoms with Gasteiger partial charge in [-0.1, -0.05) is 29.8 Å². The number of fused-ring (bicyclic) bond motifs is 4. The van der Waals surface area contributed by atoms with Crippen molar-refractivity contribution in [3.05, 3.63) is 64.7 Å². The smallest absolute Gasteiger partial charge is 0.330 e. The molecule has 5 aliphatic rings. The second kappa shape index (κ2) is 13.2. The number of likely N-dealkylation sites (tertiary alicyclic amines) is 1. The number of β-amino-alcohol motifs (C(OH)–C–C–N with tert-alkyl or cyclic N) is 1. The lowest BCUT2D eigenvalue weighted by Gasteiger charge is -2.46. The molecule has 7 rings (SSSR count). The fourth-order valence-corrected chi connectivity index (χ4v) is 9.68. The highest BCUT2D eigenvalue weighted by molar-refractivity contribution is 7.92. The Morgan fingerprint density at radius 1 is 1.16 bits per heavy atom. The number of aliphatic hydroxyl groups excluding tert-OH is 1. The van der Waals surface area contributed by atoms with Gasteiger partial charge >= 0.3 is 6.03 Å². The van der Waals surface area contributed by atoms with Crippen LogP contribution in [0.15, 0.2) is 57.8 Å². The van der Waals surface area contributed by atoms with E-state index in [4.69, 9.17) is 25.8 Å². The van der Waals surface area contributed by atoms with E-state index in [-0.39, 0.29) is 42.0 Å². The fraction of sp³-hybridized carbons (Fsp3) is 0.556. The van der Waals surface area contributed by atoms with E-state index in [0.29, 0.717) is 31.4 Å². The number of ether oxygens (including phenoxy) is 3. The number of nitrogens with one attached hydrogen (secondary N) is 1. The van der Waals surface area contributed by atoms with Crippen molar-refractivity contribution >= 4 is 39.1 Å². The van der Waals surface area contributed by atoms with Gasteiger partial charge in [0.2, 0.25) is 0 Å². The number of hydrogen-bond donors (Lipinski definition) is 2. The van der Waals surface area contributed by atoms with E-state index in [1.165, 1.54) is 16.0 Å². The van der Waals surface area contributed by atoms with Crippen molar-refractivity contribution in [1.82, 2.24) is 9.62 Å². The van der Waals surface area contributed by atoms with Crippen LogP contribution in [-0.4, -0.2) is 90.5 Å². The number of rotatable bonds is 2. The van der Waals surface area contributed by atoms with Gasteiger partial charge in [-0.05, 0) is 99.2 Å². The van der Waals surface area contributed by atoms with E-state index < -0.39 is 33.6 Å². The van der Waals surface area contributed by atoms with E-state index in [1.807, 2.05) is 18.2 Å². The van der Waals surface area contributed by atoms with Crippen molar-refractivity contribution in [3.8, 4) is 5.75 Å². The molecule has 3 amide bonds. The minimum atomic E-state index is -3.86. The largest absolute Gasteiger partial charge is 0.490 e. The zero-order valence-electron chi connectivity index (χ0n) is 28.2. The molecule has 5 atom stereocenters. The van der Waals surface area contributed by atoms with Crippen LogP contribution in [0.5, 0.6) is 5.75 Å². The molecular weight excluding hydrogens is 668 g/mol. The van der Waals surface area contributed by atoms with Gasteiger partial charge in [-0.25, -0.2) is 13.7 Å². The summed E-state index contributed by atoms with van der Waals surface area (Å²) in [6.45, 7) is 5.29. The molecule has 3 aliphatic heterocycles. The first kappa shape index (κ1) is 34.3. The van der Waals surface area contributed by atoms with E-state index in [9.17, 15) is 18.9 Å². The maximum atomic E-state index is 14.9. The van der Waals surface area contributed by atoms with Gasteiger partial charge in [0, 0.05) is 30.6 Å². The summed E-state index contributed by atoms with van der Waals surface area (Å²) in [5.41, 5.74) is 1.46. The number of anilines is 1. The maximum Gasteiger partial charge on any atom is 0.330 e. The number of urea groups is 1. The van der Waals surface area contributed by atoms with Crippen LogP contribution < -0.4 is 14.4 Å². The standard InChI is InChI=1S/C36H45ClN4O7S/c1-35(2)33(43)38-49(45,39-34(44)40-19-26(42)20-40)27-10-13-32-30(17-27)41(18-24-8-11-28(24)31(46-3)7-5-15-48-35)21-36(22-47-32)14-4-6-23-16-25(37)9-12-29(23)36/h5,7,9-10,12-13,16-17,24,26,28,31,42H,4,6,8,11,14-15,18-22H2,1-3H3,(H,38,39,43,44,45)/b7-5-/t24-,28+,31-,36-,49?/m0/s1. The molecule has 2 aromatic carbocycles. The summed E-state index contributed by atoms with van der Waals surface area (Å²) in [7, 11) is -2.14. The predicted octanol–water partition coefficient (Wildman–Crippen LogP) is 4.87. The van der Waals surface area contributed by atoms with Crippen LogP contribution in [0, 0.1) is 11.8 Å². The molecule has 2 bridgehead atoms. The molecule has 13 heteroatoms. The van der Waals surface area contributed by atoms with Crippen LogP contribution >= 0.6 is 11.6 Å². The Balaban J connectivity index is 1.35. The number of nitrogens with zero attached hydrogens (tertiary/aromatic N) is 3. The Bertz CT molecular complexity index is 1790. The van der Waals surface area contributed by atoms with E-state index in [1.54, 1.807) is 39.2 Å². The average Bonchev–Trinajstić information content (AvgIpc) is 3.19. The summed E-state index contributed by atoms with van der Waals surface area (Å²) in [4.78, 5) is 30.8. The Labute approximate surface area is 293 Å². The first-order valence-electron chi connectivity index (χ1n) is 17.1. The lowest BCUT2D eigenvalue weighted by Crippen LogP contribution is -2.57. The molecule has 1 saturated carbocycles. The van der Waals surface area contributed by atoms with Gasteiger partial charge in [-0.15, -0.1) is 4.36 Å². The SMILES string of the molecule is CO[C@H]1/C=C\COC(C)(C)C(=O)N=S(=O)(NC(=O)N2CC(O)C2)c2ccc3c(c2)N(C[C@@H]2CC[C@H]21)C[C@@]1(CCCc2cc(Cl)ccc21)CO3. The van der Waals surface area contributed by atoms with E-state index in [0.717, 1.165) is 42.8 Å². The number of carbonyl (C=O) groups excluding carboxylic acids is 2. The molecule has 0 aromatic heterocycles. The topological polar surface area (TPSA) is 130 Å². The van der Waals surface area contributed by atoms with Crippen molar-refractivity contribution in [2.75, 3.05) is 51.4 Å². The van der Waals surface area contributed by atoms with Crippen molar-refractivity contribution in [2.24, 2.45) is 16.2 Å². The number of halogens is 1. The summed E-state index contributed by atoms with van der Waals surface area (Å²) in [5.74, 6) is 0.450. The summed E-state index contributed by atoms with van der Waals surface area (Å²) in [6, 6.07) is 10.6. The zero-order valence-corrected chi connectivity index (χ0v) is 29.8. The second-order valence-corrected chi connectivity index (χ2v) is 16.9. The van der Waals surface area contributed by atoms with Crippen molar-refractivity contribution in [3.63, 3.8) is 0 Å². The van der Waals surface area contributed by atoms with Crippen LogP contribution in [0.3, 0.4) is 0 Å². The highest BCUT2D eigenvalue weighted by Gasteiger charge is 2.45. The number of aryl methyl sites for hydroxylation is 1. The molecule has 1 saturated heterocycles. The number of amides is 3. The number of aliphatic hydroxyl groups is 1. The van der Waals surface area contributed by atoms with E-state index in [2.05, 4.69) is 26.1 Å².